The fourth-order valence-electron chi connectivity index (χ4n) is 4.36. The average molecular weight is 355 g/mol. The first-order valence-corrected chi connectivity index (χ1v) is 9.51. The molecule has 26 heavy (non-hydrogen) atoms. The van der Waals surface area contributed by atoms with Crippen molar-refractivity contribution in [3.63, 3.8) is 0 Å². The molecule has 1 spiro atoms. The molecular formula is C21H25NO4. The van der Waals surface area contributed by atoms with E-state index in [0.29, 0.717) is 19.7 Å². The molecule has 0 radical (unpaired) electrons. The van der Waals surface area contributed by atoms with E-state index in [1.165, 1.54) is 5.56 Å². The van der Waals surface area contributed by atoms with Crippen LogP contribution in [0, 0.1) is 11.8 Å². The van der Waals surface area contributed by atoms with E-state index in [4.69, 9.17) is 9.47 Å². The lowest BCUT2D eigenvalue weighted by molar-refractivity contribution is -0.153. The summed E-state index contributed by atoms with van der Waals surface area (Å²) in [5, 5.41) is 0. The second-order valence-electron chi connectivity index (χ2n) is 7.42. The fourth-order valence-corrected chi connectivity index (χ4v) is 4.36. The van der Waals surface area contributed by atoms with Crippen molar-refractivity contribution in [2.45, 2.75) is 37.9 Å². The maximum absolute atomic E-state index is 13.0. The quantitative estimate of drug-likeness (QED) is 0.428. The van der Waals surface area contributed by atoms with Gasteiger partial charge in [0.05, 0.1) is 25.2 Å². The molecule has 3 aliphatic heterocycles. The molecule has 4 atom stereocenters. The van der Waals surface area contributed by atoms with Crippen LogP contribution >= 0.6 is 0 Å². The topological polar surface area (TPSA) is 55.8 Å². The number of hydrogen-bond acceptors (Lipinski definition) is 4. The molecule has 4 rings (SSSR count). The Balaban J connectivity index is 1.45. The number of carbonyl (C=O) groups excluding carboxylic acids is 2. The van der Waals surface area contributed by atoms with E-state index in [1.807, 2.05) is 35.3 Å². The molecule has 0 aromatic heterocycles. The zero-order chi connectivity index (χ0) is 18.1. The van der Waals surface area contributed by atoms with E-state index >= 15 is 0 Å². The minimum atomic E-state index is -0.646. The predicted octanol–water partition coefficient (Wildman–Crippen LogP) is 2.35. The maximum Gasteiger partial charge on any atom is 0.312 e. The van der Waals surface area contributed by atoms with Crippen molar-refractivity contribution in [2.24, 2.45) is 11.8 Å². The van der Waals surface area contributed by atoms with Crippen molar-refractivity contribution in [1.29, 1.82) is 0 Å². The average Bonchev–Trinajstić information content (AvgIpc) is 3.29. The number of rotatable bonds is 7. The van der Waals surface area contributed by atoms with Crippen LogP contribution in [0.2, 0.25) is 0 Å². The van der Waals surface area contributed by atoms with Crippen LogP contribution in [0.1, 0.15) is 25.3 Å². The Hall–Kier alpha value is -2.14. The number of amides is 1. The number of hydrogen-bond donors (Lipinski definition) is 0. The summed E-state index contributed by atoms with van der Waals surface area (Å²) in [6, 6.07) is 10.1. The summed E-state index contributed by atoms with van der Waals surface area (Å²) in [7, 11) is 0. The smallest absolute Gasteiger partial charge is 0.312 e. The Morgan fingerprint density at radius 3 is 2.92 bits per heavy atom. The SMILES string of the molecule is CCCCOC(=O)[C@H]1[C@H]2C(=O)N(CCc3ccccc3)C[C@]23C=C[C@H]1O3. The molecule has 0 unspecified atom stereocenters. The third-order valence-corrected chi connectivity index (χ3v) is 5.71. The second kappa shape index (κ2) is 6.88. The van der Waals surface area contributed by atoms with E-state index in [0.717, 1.165) is 19.3 Å². The van der Waals surface area contributed by atoms with Crippen molar-refractivity contribution < 1.29 is 19.1 Å². The highest BCUT2D eigenvalue weighted by Crippen LogP contribution is 2.52. The summed E-state index contributed by atoms with van der Waals surface area (Å²) >= 11 is 0. The molecule has 0 aliphatic carbocycles. The van der Waals surface area contributed by atoms with Crippen molar-refractivity contribution in [3.8, 4) is 0 Å². The fraction of sp³-hybridized carbons (Fsp3) is 0.524. The summed E-state index contributed by atoms with van der Waals surface area (Å²) in [5.41, 5.74) is 0.554. The second-order valence-corrected chi connectivity index (χ2v) is 7.42. The van der Waals surface area contributed by atoms with E-state index in [2.05, 4.69) is 19.1 Å². The van der Waals surface area contributed by atoms with Crippen LogP contribution in [0.5, 0.6) is 0 Å². The van der Waals surface area contributed by atoms with Crippen molar-refractivity contribution in [1.82, 2.24) is 4.90 Å². The molecule has 1 aromatic carbocycles. The first-order valence-electron chi connectivity index (χ1n) is 9.51. The van der Waals surface area contributed by atoms with Crippen LogP contribution in [0.25, 0.3) is 0 Å². The molecule has 2 saturated heterocycles. The summed E-state index contributed by atoms with van der Waals surface area (Å²) in [6.07, 6.45) is 6.20. The standard InChI is InChI=1S/C21H25NO4/c1-2-3-13-25-20(24)17-16-9-11-21(26-16)14-22(19(23)18(17)21)12-10-15-7-5-4-6-8-15/h4-9,11,16-18H,2-3,10,12-14H2,1H3/t16-,17-,18+,21-/m1/s1. The largest absolute Gasteiger partial charge is 0.465 e. The van der Waals surface area contributed by atoms with Crippen LogP contribution in [-0.2, 0) is 25.5 Å². The lowest BCUT2D eigenvalue weighted by Crippen LogP contribution is -2.40. The number of likely N-dealkylation sites (tertiary alicyclic amines) is 1. The molecule has 0 saturated carbocycles. The first-order chi connectivity index (χ1) is 12.6. The van der Waals surface area contributed by atoms with Crippen molar-refractivity contribution >= 4 is 11.9 Å². The number of nitrogens with zero attached hydrogens (tertiary/aromatic N) is 1. The number of carbonyl (C=O) groups is 2. The summed E-state index contributed by atoms with van der Waals surface area (Å²) in [5.74, 6) is -1.23. The normalized spacial score (nSPS) is 31.5. The number of fused-ring (bicyclic) bond motifs is 1. The Morgan fingerprint density at radius 2 is 2.15 bits per heavy atom. The van der Waals surface area contributed by atoms with Crippen molar-refractivity contribution in [3.05, 3.63) is 48.0 Å². The van der Waals surface area contributed by atoms with Gasteiger partial charge in [0, 0.05) is 6.54 Å². The van der Waals surface area contributed by atoms with Crippen LogP contribution in [0.3, 0.4) is 0 Å². The highest BCUT2D eigenvalue weighted by Gasteiger charge is 2.67. The molecule has 2 bridgehead atoms. The summed E-state index contributed by atoms with van der Waals surface area (Å²) in [4.78, 5) is 27.5. The monoisotopic (exact) mass is 355 g/mol. The van der Waals surface area contributed by atoms with Gasteiger partial charge in [-0.1, -0.05) is 55.8 Å². The van der Waals surface area contributed by atoms with E-state index in [1.54, 1.807) is 0 Å². The van der Waals surface area contributed by atoms with Gasteiger partial charge < -0.3 is 14.4 Å². The molecule has 1 aromatic rings. The molecule has 5 heteroatoms. The van der Waals surface area contributed by atoms with Gasteiger partial charge >= 0.3 is 5.97 Å². The van der Waals surface area contributed by atoms with Gasteiger partial charge in [0.2, 0.25) is 5.91 Å². The van der Waals surface area contributed by atoms with Gasteiger partial charge in [-0.05, 0) is 18.4 Å². The van der Waals surface area contributed by atoms with Gasteiger partial charge in [-0.2, -0.15) is 0 Å². The minimum absolute atomic E-state index is 0.0187. The van der Waals surface area contributed by atoms with Gasteiger partial charge in [0.25, 0.3) is 0 Å². The lowest BCUT2D eigenvalue weighted by atomic mass is 9.77. The first kappa shape index (κ1) is 17.3. The molecule has 5 nitrogen and oxygen atoms in total. The van der Waals surface area contributed by atoms with Gasteiger partial charge in [-0.3, -0.25) is 9.59 Å². The molecular weight excluding hydrogens is 330 g/mol. The number of esters is 1. The maximum atomic E-state index is 13.0. The van der Waals surface area contributed by atoms with Gasteiger partial charge in [0.1, 0.15) is 11.5 Å². The van der Waals surface area contributed by atoms with Gasteiger partial charge in [0.15, 0.2) is 0 Å². The van der Waals surface area contributed by atoms with Gasteiger partial charge in [-0.15, -0.1) is 0 Å². The Kier molecular flexibility index (Phi) is 4.57. The molecule has 3 heterocycles. The Bertz CT molecular complexity index is 716. The summed E-state index contributed by atoms with van der Waals surface area (Å²) < 4.78 is 11.5. The Labute approximate surface area is 154 Å². The number of benzene rings is 1. The predicted molar refractivity (Wildman–Crippen MR) is 96.3 cm³/mol. The van der Waals surface area contributed by atoms with Crippen LogP contribution in [0.4, 0.5) is 0 Å². The van der Waals surface area contributed by atoms with Crippen LogP contribution < -0.4 is 0 Å². The minimum Gasteiger partial charge on any atom is -0.465 e. The van der Waals surface area contributed by atoms with Gasteiger partial charge in [-0.25, -0.2) is 0 Å². The van der Waals surface area contributed by atoms with E-state index in [9.17, 15) is 9.59 Å². The highest BCUT2D eigenvalue weighted by atomic mass is 16.6. The number of ether oxygens (including phenoxy) is 2. The molecule has 3 aliphatic rings. The highest BCUT2D eigenvalue weighted by molar-refractivity contribution is 5.91. The molecule has 0 N–H and O–H groups in total. The summed E-state index contributed by atoms with van der Waals surface area (Å²) in [6.45, 7) is 3.63. The molecule has 1 amide bonds. The number of unbranched alkanes of at least 4 members (excludes halogenated alkanes) is 1. The van der Waals surface area contributed by atoms with Crippen LogP contribution in [0.15, 0.2) is 42.5 Å². The zero-order valence-electron chi connectivity index (χ0n) is 15.1. The Morgan fingerprint density at radius 1 is 1.35 bits per heavy atom. The van der Waals surface area contributed by atoms with Crippen LogP contribution in [-0.4, -0.2) is 48.2 Å². The zero-order valence-corrected chi connectivity index (χ0v) is 15.1. The molecule has 138 valence electrons. The third kappa shape index (κ3) is 2.84. The molecule has 2 fully saturated rings. The third-order valence-electron chi connectivity index (χ3n) is 5.71. The van der Waals surface area contributed by atoms with E-state index in [-0.39, 0.29) is 18.0 Å². The van der Waals surface area contributed by atoms with Crippen molar-refractivity contribution in [2.75, 3.05) is 19.7 Å². The lowest BCUT2D eigenvalue weighted by Gasteiger charge is -2.22. The van der Waals surface area contributed by atoms with E-state index < -0.39 is 17.4 Å².